The first-order valence-electron chi connectivity index (χ1n) is 5.94. The summed E-state index contributed by atoms with van der Waals surface area (Å²) in [6.45, 7) is 1.90. The molecule has 20 heavy (non-hydrogen) atoms. The Labute approximate surface area is 115 Å². The third kappa shape index (κ3) is 2.82. The van der Waals surface area contributed by atoms with Gasteiger partial charge in [0, 0.05) is 0 Å². The van der Waals surface area contributed by atoms with Crippen LogP contribution in [0, 0.1) is 5.21 Å². The van der Waals surface area contributed by atoms with Gasteiger partial charge in [-0.05, 0) is 24.6 Å². The molecule has 0 fully saturated rings. The minimum Gasteiger partial charge on any atom is -0.691 e. The van der Waals surface area contributed by atoms with Crippen molar-refractivity contribution in [2.75, 3.05) is 13.7 Å². The van der Waals surface area contributed by atoms with Crippen molar-refractivity contribution in [3.05, 3.63) is 41.4 Å². The molecule has 1 aromatic carbocycles. The van der Waals surface area contributed by atoms with Crippen LogP contribution in [-0.4, -0.2) is 30.0 Å². The predicted octanol–water partition coefficient (Wildman–Crippen LogP) is 0.962. The number of hydrogen-bond acceptors (Lipinski definition) is 6. The monoisotopic (exact) mass is 275 g/mol. The Kier molecular flexibility index (Phi) is 4.09. The molecule has 0 aliphatic carbocycles. The predicted molar refractivity (Wildman–Crippen MR) is 68.9 cm³/mol. The van der Waals surface area contributed by atoms with Gasteiger partial charge in [0.2, 0.25) is 0 Å². The van der Waals surface area contributed by atoms with Gasteiger partial charge in [0.25, 0.3) is 5.69 Å². The average Bonchev–Trinajstić information content (AvgIpc) is 2.47. The third-order valence-corrected chi connectivity index (χ3v) is 2.58. The first-order chi connectivity index (χ1) is 9.65. The number of hydrogen-bond donors (Lipinski definition) is 0. The Hall–Kier alpha value is -2.70. The fourth-order valence-corrected chi connectivity index (χ4v) is 1.69. The highest BCUT2D eigenvalue weighted by molar-refractivity contribution is 5.94. The van der Waals surface area contributed by atoms with E-state index in [-0.39, 0.29) is 17.1 Å². The van der Waals surface area contributed by atoms with Crippen LogP contribution in [-0.2, 0) is 4.74 Å². The molecular weight excluding hydrogens is 262 g/mol. The van der Waals surface area contributed by atoms with Gasteiger partial charge in [-0.1, -0.05) is 12.1 Å². The van der Waals surface area contributed by atoms with Gasteiger partial charge in [0.05, 0.1) is 24.4 Å². The van der Waals surface area contributed by atoms with Crippen molar-refractivity contribution in [1.82, 2.24) is 10.3 Å². The van der Waals surface area contributed by atoms with E-state index in [1.165, 1.54) is 13.3 Å². The zero-order chi connectivity index (χ0) is 14.5. The molecule has 0 atom stereocenters. The summed E-state index contributed by atoms with van der Waals surface area (Å²) in [6, 6.07) is 6.94. The molecule has 0 saturated carbocycles. The van der Waals surface area contributed by atoms with E-state index < -0.39 is 5.97 Å². The van der Waals surface area contributed by atoms with E-state index in [0.29, 0.717) is 16.9 Å². The van der Waals surface area contributed by atoms with E-state index in [0.717, 1.165) is 0 Å². The number of rotatable bonds is 4. The average molecular weight is 275 g/mol. The number of esters is 1. The molecule has 0 radical (unpaired) electrons. The van der Waals surface area contributed by atoms with Gasteiger partial charge in [0.1, 0.15) is 17.2 Å². The topological polar surface area (TPSA) is 88.2 Å². The Bertz CT molecular complexity index is 631. The van der Waals surface area contributed by atoms with Crippen molar-refractivity contribution >= 4 is 5.97 Å². The third-order valence-electron chi connectivity index (χ3n) is 2.58. The van der Waals surface area contributed by atoms with Gasteiger partial charge in [-0.25, -0.2) is 4.79 Å². The maximum Gasteiger partial charge on any atom is 0.386 e. The molecule has 0 N–H and O–H groups in total. The highest BCUT2D eigenvalue weighted by Gasteiger charge is 2.23. The minimum atomic E-state index is -0.626. The molecule has 7 heteroatoms. The van der Waals surface area contributed by atoms with Crippen LogP contribution in [0.5, 0.6) is 5.75 Å². The Morgan fingerprint density at radius 3 is 2.95 bits per heavy atom. The summed E-state index contributed by atoms with van der Waals surface area (Å²) < 4.78 is 10.0. The normalized spacial score (nSPS) is 10.1. The van der Waals surface area contributed by atoms with Gasteiger partial charge in [-0.15, -0.1) is 4.85 Å². The Morgan fingerprint density at radius 2 is 2.25 bits per heavy atom. The molecule has 2 rings (SSSR count). The van der Waals surface area contributed by atoms with Gasteiger partial charge in [-0.2, -0.15) is 0 Å². The van der Waals surface area contributed by atoms with Gasteiger partial charge < -0.3 is 14.7 Å². The van der Waals surface area contributed by atoms with E-state index in [1.54, 1.807) is 31.2 Å². The number of ether oxygens (including phenoxy) is 2. The largest absolute Gasteiger partial charge is 0.691 e. The van der Waals surface area contributed by atoms with E-state index in [9.17, 15) is 10.0 Å². The van der Waals surface area contributed by atoms with Crippen LogP contribution in [0.25, 0.3) is 11.1 Å². The van der Waals surface area contributed by atoms with E-state index in [2.05, 4.69) is 10.3 Å². The standard InChI is InChI=1S/C13H13N3O4/c1-3-20-13(17)12-11(8-16(18)15-14-12)9-5-4-6-10(7-9)19-2/h4-8H,3H2,1-2H3. The summed E-state index contributed by atoms with van der Waals surface area (Å²) in [7, 11) is 1.53. The molecule has 0 aliphatic heterocycles. The molecule has 1 aromatic heterocycles. The summed E-state index contributed by atoms with van der Waals surface area (Å²) >= 11 is 0. The van der Waals surface area contributed by atoms with Crippen molar-refractivity contribution in [2.45, 2.75) is 6.92 Å². The van der Waals surface area contributed by atoms with Crippen LogP contribution in [0.2, 0.25) is 0 Å². The SMILES string of the molecule is CCOC(=O)c1nn[n+]([O-])cc1-c1cccc(OC)c1. The Morgan fingerprint density at radius 1 is 1.45 bits per heavy atom. The van der Waals surface area contributed by atoms with Crippen LogP contribution in [0.4, 0.5) is 0 Å². The van der Waals surface area contributed by atoms with Crippen molar-refractivity contribution in [1.29, 1.82) is 0 Å². The van der Waals surface area contributed by atoms with Crippen molar-refractivity contribution in [2.24, 2.45) is 0 Å². The molecule has 104 valence electrons. The van der Waals surface area contributed by atoms with Crippen LogP contribution in [0.1, 0.15) is 17.4 Å². The Balaban J connectivity index is 2.53. The van der Waals surface area contributed by atoms with Crippen molar-refractivity contribution < 1.29 is 19.1 Å². The number of aromatic nitrogens is 3. The zero-order valence-electron chi connectivity index (χ0n) is 11.1. The number of methoxy groups -OCH3 is 1. The fraction of sp³-hybridized carbons (Fsp3) is 0.231. The second-order valence-corrected chi connectivity index (χ2v) is 3.84. The van der Waals surface area contributed by atoms with E-state index in [4.69, 9.17) is 9.47 Å². The number of carbonyl (C=O) groups is 1. The first-order valence-corrected chi connectivity index (χ1v) is 5.94. The lowest BCUT2D eigenvalue weighted by molar-refractivity contribution is -0.674. The quantitative estimate of drug-likeness (QED) is 0.469. The molecule has 0 amide bonds. The number of nitrogens with zero attached hydrogens (tertiary/aromatic N) is 3. The smallest absolute Gasteiger partial charge is 0.386 e. The lowest BCUT2D eigenvalue weighted by atomic mass is 10.1. The second-order valence-electron chi connectivity index (χ2n) is 3.84. The summed E-state index contributed by atoms with van der Waals surface area (Å²) in [5.74, 6) is -0.0232. The minimum absolute atomic E-state index is 0.00722. The fourth-order valence-electron chi connectivity index (χ4n) is 1.69. The molecule has 0 unspecified atom stereocenters. The number of carbonyl (C=O) groups excluding carboxylic acids is 1. The summed E-state index contributed by atoms with van der Waals surface area (Å²) in [6.07, 6.45) is 1.17. The molecular formula is C13H13N3O4. The molecule has 0 aliphatic rings. The maximum absolute atomic E-state index is 11.8. The molecule has 0 saturated heterocycles. The zero-order valence-corrected chi connectivity index (χ0v) is 11.1. The van der Waals surface area contributed by atoms with Gasteiger partial charge >= 0.3 is 5.97 Å². The summed E-state index contributed by atoms with van der Waals surface area (Å²) in [5.41, 5.74) is 0.950. The highest BCUT2D eigenvalue weighted by Crippen LogP contribution is 2.25. The molecule has 0 spiro atoms. The summed E-state index contributed by atoms with van der Waals surface area (Å²) in [5, 5.41) is 18.2. The van der Waals surface area contributed by atoms with Gasteiger partial charge in [-0.3, -0.25) is 0 Å². The first kappa shape index (κ1) is 13.7. The molecule has 7 nitrogen and oxygen atoms in total. The highest BCUT2D eigenvalue weighted by atomic mass is 16.5. The van der Waals surface area contributed by atoms with Crippen LogP contribution in [0.3, 0.4) is 0 Å². The van der Waals surface area contributed by atoms with Crippen LogP contribution in [0.15, 0.2) is 30.5 Å². The van der Waals surface area contributed by atoms with Gasteiger partial charge in [0.15, 0.2) is 0 Å². The number of benzene rings is 1. The lowest BCUT2D eigenvalue weighted by Gasteiger charge is -2.06. The molecule has 2 aromatic rings. The molecule has 1 heterocycles. The van der Waals surface area contributed by atoms with E-state index >= 15 is 0 Å². The van der Waals surface area contributed by atoms with Crippen LogP contribution < -0.4 is 9.58 Å². The van der Waals surface area contributed by atoms with Crippen molar-refractivity contribution in [3.63, 3.8) is 0 Å². The second kappa shape index (κ2) is 5.96. The van der Waals surface area contributed by atoms with Crippen LogP contribution >= 0.6 is 0 Å². The maximum atomic E-state index is 11.8. The lowest BCUT2D eigenvalue weighted by Crippen LogP contribution is -2.33. The van der Waals surface area contributed by atoms with Crippen molar-refractivity contribution in [3.8, 4) is 16.9 Å². The summed E-state index contributed by atoms with van der Waals surface area (Å²) in [4.78, 5) is 12.1. The van der Waals surface area contributed by atoms with E-state index in [1.807, 2.05) is 0 Å². The molecule has 0 bridgehead atoms.